The van der Waals surface area contributed by atoms with E-state index in [1.807, 2.05) is 11.6 Å². The molecule has 19 heavy (non-hydrogen) atoms. The van der Waals surface area contributed by atoms with Crippen LogP contribution in [0, 0.1) is 0 Å². The first-order valence-electron chi connectivity index (χ1n) is 5.95. The highest BCUT2D eigenvalue weighted by molar-refractivity contribution is 5.94. The largest absolute Gasteiger partial charge is 0.373 e. The Hall–Kier alpha value is -2.44. The maximum absolute atomic E-state index is 11.8. The first-order valence-corrected chi connectivity index (χ1v) is 5.95. The molecule has 0 bridgehead atoms. The highest BCUT2D eigenvalue weighted by Gasteiger charge is 2.06. The fraction of sp³-hybridized carbons (Fsp3) is 0.333. The number of hydrogen-bond donors (Lipinski definition) is 2. The molecule has 0 unspecified atom stereocenters. The molecule has 0 saturated carbocycles. The van der Waals surface area contributed by atoms with E-state index in [9.17, 15) is 4.79 Å². The number of aryl methyl sites for hydroxylation is 1. The van der Waals surface area contributed by atoms with Crippen LogP contribution < -0.4 is 10.6 Å². The quantitative estimate of drug-likeness (QED) is 0.803. The molecule has 0 aromatic carbocycles. The molecular weight excluding hydrogens is 244 g/mol. The number of aromatic nitrogens is 4. The van der Waals surface area contributed by atoms with E-state index in [1.54, 1.807) is 31.7 Å². The van der Waals surface area contributed by atoms with Gasteiger partial charge in [-0.1, -0.05) is 0 Å². The molecule has 0 radical (unpaired) electrons. The Labute approximate surface area is 111 Å². The summed E-state index contributed by atoms with van der Waals surface area (Å²) in [6.45, 7) is 0.513. The van der Waals surface area contributed by atoms with Gasteiger partial charge < -0.3 is 15.2 Å². The minimum Gasteiger partial charge on any atom is -0.373 e. The highest BCUT2D eigenvalue weighted by Crippen LogP contribution is 2.03. The second-order valence-electron chi connectivity index (χ2n) is 4.05. The Balaban J connectivity index is 1.85. The first-order chi connectivity index (χ1) is 9.20. The van der Waals surface area contributed by atoms with Crippen LogP contribution in [-0.4, -0.2) is 39.2 Å². The molecule has 1 amide bonds. The Morgan fingerprint density at radius 2 is 2.26 bits per heavy atom. The lowest BCUT2D eigenvalue weighted by Crippen LogP contribution is -2.26. The van der Waals surface area contributed by atoms with Crippen molar-refractivity contribution in [2.45, 2.75) is 6.42 Å². The fourth-order valence-corrected chi connectivity index (χ4v) is 1.60. The zero-order chi connectivity index (χ0) is 13.7. The molecule has 0 spiro atoms. The number of nitrogens with one attached hydrogen (secondary N) is 2. The zero-order valence-corrected chi connectivity index (χ0v) is 10.9. The molecule has 7 nitrogen and oxygen atoms in total. The van der Waals surface area contributed by atoms with Crippen molar-refractivity contribution in [3.05, 3.63) is 36.0 Å². The molecule has 2 heterocycles. The molecule has 2 rings (SSSR count). The number of nitrogens with zero attached hydrogens (tertiary/aromatic N) is 4. The number of anilines is 1. The average Bonchev–Trinajstić information content (AvgIpc) is 2.84. The predicted octanol–water partition coefficient (Wildman–Crippen LogP) is 0.224. The van der Waals surface area contributed by atoms with Crippen LogP contribution in [0.5, 0.6) is 0 Å². The normalized spacial score (nSPS) is 10.2. The first kappa shape index (κ1) is 13.0. The molecule has 2 N–H and O–H groups in total. The summed E-state index contributed by atoms with van der Waals surface area (Å²) in [5, 5.41) is 13.5. The van der Waals surface area contributed by atoms with Crippen LogP contribution in [0.4, 0.5) is 5.82 Å². The van der Waals surface area contributed by atoms with E-state index in [0.717, 1.165) is 11.6 Å². The van der Waals surface area contributed by atoms with E-state index < -0.39 is 0 Å². The lowest BCUT2D eigenvalue weighted by atomic mass is 10.2. The zero-order valence-electron chi connectivity index (χ0n) is 10.9. The van der Waals surface area contributed by atoms with E-state index in [2.05, 4.69) is 25.8 Å². The number of carbonyl (C=O) groups is 1. The average molecular weight is 260 g/mol. The van der Waals surface area contributed by atoms with Gasteiger partial charge in [0.25, 0.3) is 5.91 Å². The Bertz CT molecular complexity index is 548. The molecule has 0 fully saturated rings. The highest BCUT2D eigenvalue weighted by atomic mass is 16.1. The topological polar surface area (TPSA) is 84.7 Å². The van der Waals surface area contributed by atoms with Gasteiger partial charge in [0, 0.05) is 33.3 Å². The number of amides is 1. The van der Waals surface area contributed by atoms with Gasteiger partial charge >= 0.3 is 0 Å². The molecule has 0 aliphatic carbocycles. The molecule has 0 aliphatic rings. The summed E-state index contributed by atoms with van der Waals surface area (Å²) in [5.74, 6) is 1.43. The summed E-state index contributed by atoms with van der Waals surface area (Å²) in [7, 11) is 3.65. The third-order valence-electron chi connectivity index (χ3n) is 2.72. The van der Waals surface area contributed by atoms with E-state index in [4.69, 9.17) is 0 Å². The van der Waals surface area contributed by atoms with Crippen molar-refractivity contribution in [3.8, 4) is 0 Å². The van der Waals surface area contributed by atoms with Crippen molar-refractivity contribution < 1.29 is 4.79 Å². The van der Waals surface area contributed by atoms with E-state index in [0.29, 0.717) is 18.5 Å². The number of hydrogen-bond acceptors (Lipinski definition) is 5. The van der Waals surface area contributed by atoms with Gasteiger partial charge in [0.15, 0.2) is 0 Å². The van der Waals surface area contributed by atoms with Crippen molar-refractivity contribution >= 4 is 11.7 Å². The molecule has 100 valence electrons. The molecule has 2 aromatic heterocycles. The third kappa shape index (κ3) is 3.27. The van der Waals surface area contributed by atoms with Crippen molar-refractivity contribution in [2.24, 2.45) is 7.05 Å². The van der Waals surface area contributed by atoms with Gasteiger partial charge in [-0.05, 0) is 12.1 Å². The van der Waals surface area contributed by atoms with Gasteiger partial charge in [0.2, 0.25) is 0 Å². The van der Waals surface area contributed by atoms with Crippen LogP contribution in [0.2, 0.25) is 0 Å². The van der Waals surface area contributed by atoms with E-state index >= 15 is 0 Å². The smallest absolute Gasteiger partial charge is 0.252 e. The maximum Gasteiger partial charge on any atom is 0.252 e. The minimum atomic E-state index is -0.141. The summed E-state index contributed by atoms with van der Waals surface area (Å²) in [6.07, 6.45) is 3.82. The summed E-state index contributed by atoms with van der Waals surface area (Å²) in [4.78, 5) is 15.9. The maximum atomic E-state index is 11.8. The third-order valence-corrected chi connectivity index (χ3v) is 2.72. The Morgan fingerprint density at radius 1 is 1.42 bits per heavy atom. The van der Waals surface area contributed by atoms with Crippen LogP contribution in [0.25, 0.3) is 0 Å². The van der Waals surface area contributed by atoms with Crippen molar-refractivity contribution in [3.63, 3.8) is 0 Å². The van der Waals surface area contributed by atoms with Crippen LogP contribution in [-0.2, 0) is 13.5 Å². The van der Waals surface area contributed by atoms with Gasteiger partial charge in [-0.25, -0.2) is 4.98 Å². The van der Waals surface area contributed by atoms with Gasteiger partial charge in [-0.3, -0.25) is 4.79 Å². The van der Waals surface area contributed by atoms with Gasteiger partial charge in [0.05, 0.1) is 5.56 Å². The Morgan fingerprint density at radius 3 is 2.84 bits per heavy atom. The number of rotatable bonds is 5. The second-order valence-corrected chi connectivity index (χ2v) is 4.05. The van der Waals surface area contributed by atoms with Crippen molar-refractivity contribution in [2.75, 3.05) is 18.9 Å². The Kier molecular flexibility index (Phi) is 4.07. The van der Waals surface area contributed by atoms with Gasteiger partial charge in [0.1, 0.15) is 18.0 Å². The standard InChI is InChI=1S/C12H16N6O/c1-13-10-4-3-9(7-15-10)12(19)14-6-5-11-17-16-8-18(11)2/h3-4,7-8H,5-6H2,1-2H3,(H,13,15)(H,14,19). The summed E-state index contributed by atoms with van der Waals surface area (Å²) in [6, 6.07) is 3.49. The molecule has 0 aliphatic heterocycles. The van der Waals surface area contributed by atoms with E-state index in [-0.39, 0.29) is 5.91 Å². The SMILES string of the molecule is CNc1ccc(C(=O)NCCc2nncn2C)cn1. The van der Waals surface area contributed by atoms with Crippen LogP contribution >= 0.6 is 0 Å². The molecule has 0 saturated heterocycles. The summed E-state index contributed by atoms with van der Waals surface area (Å²) < 4.78 is 1.83. The van der Waals surface area contributed by atoms with E-state index in [1.165, 1.54) is 0 Å². The lowest BCUT2D eigenvalue weighted by Gasteiger charge is -2.05. The number of pyridine rings is 1. The fourth-order valence-electron chi connectivity index (χ4n) is 1.60. The van der Waals surface area contributed by atoms with Gasteiger partial charge in [-0.2, -0.15) is 0 Å². The van der Waals surface area contributed by atoms with Crippen LogP contribution in [0.1, 0.15) is 16.2 Å². The summed E-state index contributed by atoms with van der Waals surface area (Å²) >= 11 is 0. The van der Waals surface area contributed by atoms with Gasteiger partial charge in [-0.15, -0.1) is 10.2 Å². The predicted molar refractivity (Wildman–Crippen MR) is 70.8 cm³/mol. The molecule has 2 aromatic rings. The monoisotopic (exact) mass is 260 g/mol. The van der Waals surface area contributed by atoms with Crippen LogP contribution in [0.3, 0.4) is 0 Å². The molecule has 0 atom stereocenters. The molecule has 7 heteroatoms. The second kappa shape index (κ2) is 5.94. The van der Waals surface area contributed by atoms with Crippen molar-refractivity contribution in [1.29, 1.82) is 0 Å². The lowest BCUT2D eigenvalue weighted by molar-refractivity contribution is 0.0953. The number of carbonyl (C=O) groups excluding carboxylic acids is 1. The minimum absolute atomic E-state index is 0.141. The van der Waals surface area contributed by atoms with Crippen molar-refractivity contribution in [1.82, 2.24) is 25.1 Å². The summed E-state index contributed by atoms with van der Waals surface area (Å²) in [5.41, 5.74) is 0.539. The molecular formula is C12H16N6O. The van der Waals surface area contributed by atoms with Crippen LogP contribution in [0.15, 0.2) is 24.7 Å².